The van der Waals surface area contributed by atoms with Gasteiger partial charge in [0.05, 0.1) is 6.04 Å². The highest BCUT2D eigenvalue weighted by Gasteiger charge is 2.33. The van der Waals surface area contributed by atoms with Crippen molar-refractivity contribution in [2.75, 3.05) is 26.7 Å². The molecule has 0 bridgehead atoms. The zero-order valence-electron chi connectivity index (χ0n) is 14.7. The molecule has 1 saturated heterocycles. The normalized spacial score (nSPS) is 17.1. The minimum absolute atomic E-state index is 0.0708. The largest absolute Gasteiger partial charge is 0.346 e. The molecule has 0 aliphatic carbocycles. The van der Waals surface area contributed by atoms with Crippen LogP contribution < -0.4 is 5.32 Å². The molecule has 1 aliphatic heterocycles. The van der Waals surface area contributed by atoms with Gasteiger partial charge in [-0.3, -0.25) is 4.79 Å². The van der Waals surface area contributed by atoms with Crippen molar-refractivity contribution in [1.29, 1.82) is 0 Å². The van der Waals surface area contributed by atoms with Crippen LogP contribution in [0.2, 0.25) is 0 Å². The fraction of sp³-hybridized carbons (Fsp3) is 0.750. The Hall–Kier alpha value is -2.12. The van der Waals surface area contributed by atoms with E-state index in [2.05, 4.69) is 15.5 Å². The van der Waals surface area contributed by atoms with Crippen molar-refractivity contribution in [1.82, 2.24) is 25.3 Å². The number of nitrogens with one attached hydrogen (secondary N) is 1. The van der Waals surface area contributed by atoms with E-state index in [9.17, 15) is 9.59 Å². The van der Waals surface area contributed by atoms with E-state index in [1.165, 1.54) is 0 Å². The summed E-state index contributed by atoms with van der Waals surface area (Å²) in [6.45, 7) is 5.96. The first kappa shape index (κ1) is 18.2. The van der Waals surface area contributed by atoms with E-state index < -0.39 is 0 Å². The smallest absolute Gasteiger partial charge is 0.318 e. The van der Waals surface area contributed by atoms with Crippen LogP contribution in [0.25, 0.3) is 0 Å². The molecule has 2 heterocycles. The summed E-state index contributed by atoms with van der Waals surface area (Å²) in [6.07, 6.45) is 3.46. The van der Waals surface area contributed by atoms with E-state index in [1.54, 1.807) is 16.8 Å². The maximum absolute atomic E-state index is 12.1. The molecule has 3 amide bonds. The second kappa shape index (κ2) is 8.65. The zero-order chi connectivity index (χ0) is 17.5. The van der Waals surface area contributed by atoms with Gasteiger partial charge in [-0.1, -0.05) is 12.1 Å². The molecule has 1 aromatic heterocycles. The Morgan fingerprint density at radius 3 is 2.92 bits per heavy atom. The van der Waals surface area contributed by atoms with Gasteiger partial charge in [-0.05, 0) is 26.2 Å². The van der Waals surface area contributed by atoms with Gasteiger partial charge in [0.2, 0.25) is 11.8 Å². The molecule has 0 spiro atoms. The molecule has 1 atom stereocenters. The van der Waals surface area contributed by atoms with Crippen LogP contribution in [0.3, 0.4) is 0 Å². The minimum atomic E-state index is -0.146. The fourth-order valence-corrected chi connectivity index (χ4v) is 2.90. The molecule has 1 aromatic rings. The summed E-state index contributed by atoms with van der Waals surface area (Å²) < 4.78 is 5.26. The number of hydrogen-bond donors (Lipinski definition) is 1. The van der Waals surface area contributed by atoms with Gasteiger partial charge in [0.25, 0.3) is 0 Å². The molecule has 24 heavy (non-hydrogen) atoms. The van der Waals surface area contributed by atoms with Crippen molar-refractivity contribution in [2.45, 2.75) is 52.0 Å². The molecular weight excluding hydrogens is 310 g/mol. The highest BCUT2D eigenvalue weighted by molar-refractivity contribution is 5.76. The average Bonchev–Trinajstić information content (AvgIpc) is 3.21. The van der Waals surface area contributed by atoms with Crippen LogP contribution in [0, 0.1) is 0 Å². The number of carbonyl (C=O) groups excluding carboxylic acids is 2. The predicted octanol–water partition coefficient (Wildman–Crippen LogP) is 1.74. The number of urea groups is 1. The zero-order valence-corrected chi connectivity index (χ0v) is 14.7. The molecule has 1 fully saturated rings. The van der Waals surface area contributed by atoms with Gasteiger partial charge < -0.3 is 19.6 Å². The first-order valence-electron chi connectivity index (χ1n) is 8.67. The lowest BCUT2D eigenvalue weighted by Crippen LogP contribution is -2.39. The monoisotopic (exact) mass is 337 g/mol. The second-order valence-electron chi connectivity index (χ2n) is 6.05. The molecule has 8 nitrogen and oxygen atoms in total. The van der Waals surface area contributed by atoms with Crippen molar-refractivity contribution >= 4 is 11.9 Å². The quantitative estimate of drug-likeness (QED) is 0.818. The van der Waals surface area contributed by atoms with E-state index in [1.807, 2.05) is 13.8 Å². The standard InChI is InChI=1S/C16H27N5O3/c1-4-10-20(3)14(22)9-8-13-18-15(19-24-13)12-7-6-11-21(12)16(23)17-5-2/h12H,4-11H2,1-3H3,(H,17,23). The number of carbonyl (C=O) groups is 2. The molecule has 8 heteroatoms. The number of rotatable bonds is 7. The summed E-state index contributed by atoms with van der Waals surface area (Å²) in [5, 5.41) is 6.83. The number of aromatic nitrogens is 2. The van der Waals surface area contributed by atoms with Crippen molar-refractivity contribution in [3.8, 4) is 0 Å². The highest BCUT2D eigenvalue weighted by Crippen LogP contribution is 2.30. The van der Waals surface area contributed by atoms with Gasteiger partial charge in [-0.15, -0.1) is 0 Å². The highest BCUT2D eigenvalue weighted by atomic mass is 16.5. The van der Waals surface area contributed by atoms with Crippen LogP contribution in [-0.4, -0.2) is 58.6 Å². The van der Waals surface area contributed by atoms with Crippen LogP contribution in [-0.2, 0) is 11.2 Å². The number of likely N-dealkylation sites (tertiary alicyclic amines) is 1. The molecule has 0 aromatic carbocycles. The SMILES string of the molecule is CCCN(C)C(=O)CCc1nc(C2CCCN2C(=O)NCC)no1. The van der Waals surface area contributed by atoms with E-state index in [0.717, 1.165) is 25.8 Å². The summed E-state index contributed by atoms with van der Waals surface area (Å²) >= 11 is 0. The van der Waals surface area contributed by atoms with Gasteiger partial charge in [0.15, 0.2) is 5.82 Å². The molecule has 0 saturated carbocycles. The average molecular weight is 337 g/mol. The lowest BCUT2D eigenvalue weighted by Gasteiger charge is -2.22. The second-order valence-corrected chi connectivity index (χ2v) is 6.05. The Morgan fingerprint density at radius 2 is 2.21 bits per heavy atom. The maximum Gasteiger partial charge on any atom is 0.318 e. The third-order valence-electron chi connectivity index (χ3n) is 4.16. The van der Waals surface area contributed by atoms with Crippen LogP contribution in [0.15, 0.2) is 4.52 Å². The Bertz CT molecular complexity index is 560. The number of nitrogens with zero attached hydrogens (tertiary/aromatic N) is 4. The van der Waals surface area contributed by atoms with Crippen LogP contribution in [0.1, 0.15) is 57.3 Å². The van der Waals surface area contributed by atoms with Crippen LogP contribution in [0.5, 0.6) is 0 Å². The van der Waals surface area contributed by atoms with Gasteiger partial charge in [0, 0.05) is 39.5 Å². The summed E-state index contributed by atoms with van der Waals surface area (Å²) in [4.78, 5) is 31.9. The first-order chi connectivity index (χ1) is 11.6. The first-order valence-corrected chi connectivity index (χ1v) is 8.67. The van der Waals surface area contributed by atoms with Crippen molar-refractivity contribution in [3.05, 3.63) is 11.7 Å². The molecule has 1 unspecified atom stereocenters. The summed E-state index contributed by atoms with van der Waals surface area (Å²) in [6, 6.07) is -0.241. The predicted molar refractivity (Wildman–Crippen MR) is 88.3 cm³/mol. The summed E-state index contributed by atoms with van der Waals surface area (Å²) in [7, 11) is 1.80. The number of hydrogen-bond acceptors (Lipinski definition) is 5. The summed E-state index contributed by atoms with van der Waals surface area (Å²) in [5.74, 6) is 1.05. The van der Waals surface area contributed by atoms with Gasteiger partial charge in [-0.2, -0.15) is 4.98 Å². The fourth-order valence-electron chi connectivity index (χ4n) is 2.90. The summed E-state index contributed by atoms with van der Waals surface area (Å²) in [5.41, 5.74) is 0. The third kappa shape index (κ3) is 4.46. The maximum atomic E-state index is 12.1. The van der Waals surface area contributed by atoms with Gasteiger partial charge in [0.1, 0.15) is 0 Å². The molecular formula is C16H27N5O3. The van der Waals surface area contributed by atoms with E-state index in [4.69, 9.17) is 4.52 Å². The Labute approximate surface area is 142 Å². The number of amides is 3. The van der Waals surface area contributed by atoms with E-state index >= 15 is 0 Å². The molecule has 134 valence electrons. The number of aryl methyl sites for hydroxylation is 1. The van der Waals surface area contributed by atoms with Crippen molar-refractivity contribution < 1.29 is 14.1 Å². The van der Waals surface area contributed by atoms with Crippen LogP contribution in [0.4, 0.5) is 4.79 Å². The van der Waals surface area contributed by atoms with Crippen molar-refractivity contribution in [2.24, 2.45) is 0 Å². The Kier molecular flexibility index (Phi) is 6.57. The lowest BCUT2D eigenvalue weighted by molar-refractivity contribution is -0.129. The van der Waals surface area contributed by atoms with Gasteiger partial charge >= 0.3 is 6.03 Å². The lowest BCUT2D eigenvalue weighted by atomic mass is 10.2. The van der Waals surface area contributed by atoms with Gasteiger partial charge in [-0.25, -0.2) is 4.79 Å². The molecule has 0 radical (unpaired) electrons. The molecule has 1 N–H and O–H groups in total. The van der Waals surface area contributed by atoms with Crippen molar-refractivity contribution in [3.63, 3.8) is 0 Å². The Morgan fingerprint density at radius 1 is 1.42 bits per heavy atom. The van der Waals surface area contributed by atoms with Crippen LogP contribution >= 0.6 is 0 Å². The minimum Gasteiger partial charge on any atom is -0.346 e. The third-order valence-corrected chi connectivity index (χ3v) is 4.16. The van der Waals surface area contributed by atoms with E-state index in [0.29, 0.717) is 37.6 Å². The topological polar surface area (TPSA) is 91.6 Å². The molecule has 1 aliphatic rings. The Balaban J connectivity index is 1.92. The molecule has 2 rings (SSSR count). The van der Waals surface area contributed by atoms with E-state index in [-0.39, 0.29) is 18.0 Å².